The van der Waals surface area contributed by atoms with Crippen molar-refractivity contribution in [2.75, 3.05) is 23.7 Å². The number of thiophene rings is 1. The van der Waals surface area contributed by atoms with Crippen molar-refractivity contribution in [2.24, 2.45) is 0 Å². The van der Waals surface area contributed by atoms with E-state index in [2.05, 4.69) is 20.9 Å². The second-order valence-electron chi connectivity index (χ2n) is 8.93. The average Bonchev–Trinajstić information content (AvgIpc) is 3.10. The molecule has 4 amide bonds. The molecule has 0 bridgehead atoms. The minimum atomic E-state index is -1.02. The molecule has 2 aromatic heterocycles. The molecule has 8 nitrogen and oxygen atoms in total. The Morgan fingerprint density at radius 3 is 2.41 bits per heavy atom. The quantitative estimate of drug-likeness (QED) is 0.569. The maximum Gasteiger partial charge on any atom is 0.324 e. The Kier molecular flexibility index (Phi) is 6.74. The van der Waals surface area contributed by atoms with Crippen LogP contribution in [0.4, 0.5) is 15.5 Å². The number of carbonyl (C=O) groups excluding carboxylic acids is 3. The van der Waals surface area contributed by atoms with E-state index in [9.17, 15) is 14.4 Å². The first kappa shape index (κ1) is 24.3. The molecule has 11 heteroatoms. The van der Waals surface area contributed by atoms with Crippen LogP contribution in [0.2, 0.25) is 10.0 Å². The van der Waals surface area contributed by atoms with Gasteiger partial charge < -0.3 is 15.5 Å². The largest absolute Gasteiger partial charge is 0.352 e. The second kappa shape index (κ2) is 8.88. The first-order valence-corrected chi connectivity index (χ1v) is 11.5. The molecule has 0 saturated carbocycles. The van der Waals surface area contributed by atoms with Gasteiger partial charge in [-0.2, -0.15) is 0 Å². The molecule has 172 valence electrons. The standard InChI is InChI=1S/C21H25Cl2N5O3S/c1-20(2,3)14-8-11(17(29)28-7-6-25-18(30)21(28,4)5)16(32-14)27-19(31)26-15-12(22)9-24-10-13(15)23/h8-10H,6-7H2,1-5H3,(H,25,30)(H2,24,26,27,31). The molecule has 0 spiro atoms. The van der Waals surface area contributed by atoms with E-state index >= 15 is 0 Å². The lowest BCUT2D eigenvalue weighted by atomic mass is 9.93. The van der Waals surface area contributed by atoms with Gasteiger partial charge >= 0.3 is 6.03 Å². The van der Waals surface area contributed by atoms with Gasteiger partial charge in [-0.1, -0.05) is 44.0 Å². The predicted octanol–water partition coefficient (Wildman–Crippen LogP) is 4.74. The van der Waals surface area contributed by atoms with Crippen molar-refractivity contribution >= 4 is 63.1 Å². The monoisotopic (exact) mass is 497 g/mol. The molecule has 1 saturated heterocycles. The van der Waals surface area contributed by atoms with Gasteiger partial charge in [0.2, 0.25) is 5.91 Å². The van der Waals surface area contributed by atoms with Gasteiger partial charge in [0.25, 0.3) is 5.91 Å². The fourth-order valence-corrected chi connectivity index (χ4v) is 4.75. The summed E-state index contributed by atoms with van der Waals surface area (Å²) >= 11 is 13.5. The zero-order valence-corrected chi connectivity index (χ0v) is 20.8. The molecule has 0 unspecified atom stereocenters. The predicted molar refractivity (Wildman–Crippen MR) is 128 cm³/mol. The number of piperazine rings is 1. The Bertz CT molecular complexity index is 1060. The lowest BCUT2D eigenvalue weighted by Crippen LogP contribution is -2.63. The molecule has 3 N–H and O–H groups in total. The Labute approximate surface area is 200 Å². The number of carbonyl (C=O) groups is 3. The number of halogens is 2. The van der Waals surface area contributed by atoms with E-state index in [0.717, 1.165) is 4.88 Å². The molecule has 0 radical (unpaired) electrons. The molecule has 2 aromatic rings. The van der Waals surface area contributed by atoms with Crippen LogP contribution in [0, 0.1) is 0 Å². The summed E-state index contributed by atoms with van der Waals surface area (Å²) in [6, 6.07) is 1.17. The molecule has 0 aliphatic carbocycles. The minimum Gasteiger partial charge on any atom is -0.352 e. The van der Waals surface area contributed by atoms with Crippen molar-refractivity contribution in [1.29, 1.82) is 0 Å². The highest BCUT2D eigenvalue weighted by atomic mass is 35.5. The molecular formula is C21H25Cl2N5O3S. The zero-order valence-electron chi connectivity index (χ0n) is 18.4. The van der Waals surface area contributed by atoms with Crippen LogP contribution < -0.4 is 16.0 Å². The van der Waals surface area contributed by atoms with Crippen LogP contribution in [-0.2, 0) is 10.2 Å². The topological polar surface area (TPSA) is 103 Å². The van der Waals surface area contributed by atoms with Crippen LogP contribution in [0.3, 0.4) is 0 Å². The van der Waals surface area contributed by atoms with E-state index in [1.165, 1.54) is 28.6 Å². The first-order valence-electron chi connectivity index (χ1n) is 9.94. The van der Waals surface area contributed by atoms with E-state index in [4.69, 9.17) is 23.2 Å². The molecule has 32 heavy (non-hydrogen) atoms. The summed E-state index contributed by atoms with van der Waals surface area (Å²) in [4.78, 5) is 44.9. The van der Waals surface area contributed by atoms with E-state index < -0.39 is 11.6 Å². The van der Waals surface area contributed by atoms with Crippen LogP contribution in [-0.4, -0.2) is 46.4 Å². The van der Waals surface area contributed by atoms with Crippen molar-refractivity contribution in [2.45, 2.75) is 45.6 Å². The van der Waals surface area contributed by atoms with Gasteiger partial charge in [0, 0.05) is 30.4 Å². The summed E-state index contributed by atoms with van der Waals surface area (Å²) in [5.41, 5.74) is -0.723. The Hall–Kier alpha value is -2.36. The van der Waals surface area contributed by atoms with Gasteiger partial charge in [0.05, 0.1) is 21.3 Å². The Balaban J connectivity index is 1.94. The number of hydrogen-bond acceptors (Lipinski definition) is 5. The van der Waals surface area contributed by atoms with E-state index in [-0.39, 0.29) is 33.0 Å². The maximum atomic E-state index is 13.5. The van der Waals surface area contributed by atoms with Crippen molar-refractivity contribution in [3.05, 3.63) is 38.9 Å². The molecular weight excluding hydrogens is 473 g/mol. The number of aromatic nitrogens is 1. The van der Waals surface area contributed by atoms with E-state index in [1.54, 1.807) is 19.9 Å². The number of pyridine rings is 1. The normalized spacial score (nSPS) is 15.8. The summed E-state index contributed by atoms with van der Waals surface area (Å²) in [5.74, 6) is -0.551. The first-order chi connectivity index (χ1) is 14.8. The molecule has 1 aliphatic heterocycles. The van der Waals surface area contributed by atoms with E-state index in [0.29, 0.717) is 23.7 Å². The molecule has 3 rings (SSSR count). The van der Waals surface area contributed by atoms with Crippen LogP contribution in [0.5, 0.6) is 0 Å². The lowest BCUT2D eigenvalue weighted by molar-refractivity contribution is -0.133. The van der Waals surface area contributed by atoms with Crippen molar-refractivity contribution in [1.82, 2.24) is 15.2 Å². The maximum absolute atomic E-state index is 13.5. The number of anilines is 2. The molecule has 1 aliphatic rings. The third-order valence-electron chi connectivity index (χ3n) is 5.12. The zero-order chi connectivity index (χ0) is 23.8. The van der Waals surface area contributed by atoms with Crippen molar-refractivity contribution < 1.29 is 14.4 Å². The summed E-state index contributed by atoms with van der Waals surface area (Å²) in [6.07, 6.45) is 2.73. The number of amides is 4. The Morgan fingerprint density at radius 1 is 1.19 bits per heavy atom. The molecule has 0 aromatic carbocycles. The highest BCUT2D eigenvalue weighted by molar-refractivity contribution is 7.16. The van der Waals surface area contributed by atoms with Crippen LogP contribution >= 0.6 is 34.5 Å². The summed E-state index contributed by atoms with van der Waals surface area (Å²) in [7, 11) is 0. The molecule has 0 atom stereocenters. The highest BCUT2D eigenvalue weighted by Gasteiger charge is 2.42. The van der Waals surface area contributed by atoms with Gasteiger partial charge in [-0.15, -0.1) is 11.3 Å². The molecule has 3 heterocycles. The summed E-state index contributed by atoms with van der Waals surface area (Å²) < 4.78 is 0. The van der Waals surface area contributed by atoms with Crippen LogP contribution in [0.1, 0.15) is 49.9 Å². The third kappa shape index (κ3) is 4.84. The second-order valence-corrected chi connectivity index (χ2v) is 10.8. The van der Waals surface area contributed by atoms with Gasteiger partial charge in [-0.05, 0) is 25.3 Å². The number of rotatable bonds is 3. The number of urea groups is 1. The lowest BCUT2D eigenvalue weighted by Gasteiger charge is -2.41. The van der Waals surface area contributed by atoms with Crippen LogP contribution in [0.25, 0.3) is 0 Å². The van der Waals surface area contributed by atoms with Gasteiger partial charge in [-0.3, -0.25) is 19.9 Å². The van der Waals surface area contributed by atoms with Gasteiger partial charge in [0.1, 0.15) is 10.5 Å². The van der Waals surface area contributed by atoms with E-state index in [1.807, 2.05) is 20.8 Å². The van der Waals surface area contributed by atoms with Gasteiger partial charge in [-0.25, -0.2) is 4.79 Å². The van der Waals surface area contributed by atoms with Crippen molar-refractivity contribution in [3.63, 3.8) is 0 Å². The number of nitrogens with zero attached hydrogens (tertiary/aromatic N) is 2. The van der Waals surface area contributed by atoms with Crippen molar-refractivity contribution in [3.8, 4) is 0 Å². The van der Waals surface area contributed by atoms with Crippen LogP contribution in [0.15, 0.2) is 18.5 Å². The highest BCUT2D eigenvalue weighted by Crippen LogP contribution is 2.38. The number of hydrogen-bond donors (Lipinski definition) is 3. The number of nitrogens with one attached hydrogen (secondary N) is 3. The Morgan fingerprint density at radius 2 is 1.81 bits per heavy atom. The smallest absolute Gasteiger partial charge is 0.324 e. The third-order valence-corrected chi connectivity index (χ3v) is 7.17. The molecule has 1 fully saturated rings. The summed E-state index contributed by atoms with van der Waals surface area (Å²) in [5, 5.41) is 8.89. The fourth-order valence-electron chi connectivity index (χ4n) is 3.19. The average molecular weight is 498 g/mol. The SMILES string of the molecule is CC(C)(C)c1cc(C(=O)N2CCNC(=O)C2(C)C)c(NC(=O)Nc2c(Cl)cncc2Cl)s1. The minimum absolute atomic E-state index is 0.187. The fraction of sp³-hybridized carbons (Fsp3) is 0.429. The summed E-state index contributed by atoms with van der Waals surface area (Å²) in [6.45, 7) is 10.2. The van der Waals surface area contributed by atoms with Gasteiger partial charge in [0.15, 0.2) is 0 Å².